The van der Waals surface area contributed by atoms with Crippen LogP contribution in [-0.2, 0) is 11.2 Å². The van der Waals surface area contributed by atoms with Crippen LogP contribution in [0.4, 0.5) is 4.79 Å². The standard InChI is InChI=1S/C22H36N4O3.HI/c1-5-11-23-20(24-12-10-19-7-6-13-28-19)25-16-14-17-8-9-18(15-16)26(17)21(27)29-22(2,3)4;/h6-7,13,16-18H,5,8-12,14-15H2,1-4H3,(H2,23,24,25);1H. The molecule has 2 aliphatic rings. The van der Waals surface area contributed by atoms with Crippen molar-refractivity contribution in [3.05, 3.63) is 24.2 Å². The zero-order chi connectivity index (χ0) is 20.9. The van der Waals surface area contributed by atoms with Crippen molar-refractivity contribution in [1.29, 1.82) is 0 Å². The van der Waals surface area contributed by atoms with Crippen LogP contribution in [0.1, 0.15) is 65.6 Å². The number of rotatable bonds is 6. The van der Waals surface area contributed by atoms with Crippen LogP contribution < -0.4 is 10.6 Å². The van der Waals surface area contributed by atoms with Crippen molar-refractivity contribution in [1.82, 2.24) is 15.5 Å². The molecular weight excluding hydrogens is 495 g/mol. The van der Waals surface area contributed by atoms with E-state index in [1.165, 1.54) is 0 Å². The highest BCUT2D eigenvalue weighted by molar-refractivity contribution is 14.0. The fourth-order valence-electron chi connectivity index (χ4n) is 4.24. The quantitative estimate of drug-likeness (QED) is 0.324. The van der Waals surface area contributed by atoms with Gasteiger partial charge in [0.2, 0.25) is 0 Å². The number of ether oxygens (including phenoxy) is 1. The molecule has 2 aliphatic heterocycles. The number of hydrogen-bond donors (Lipinski definition) is 2. The minimum Gasteiger partial charge on any atom is -0.469 e. The second-order valence-corrected chi connectivity index (χ2v) is 9.07. The molecule has 2 bridgehead atoms. The predicted octanol–water partition coefficient (Wildman–Crippen LogP) is 4.32. The number of nitrogens with one attached hydrogen (secondary N) is 2. The van der Waals surface area contributed by atoms with Gasteiger partial charge >= 0.3 is 6.09 Å². The Morgan fingerprint density at radius 1 is 1.30 bits per heavy atom. The molecule has 0 aromatic carbocycles. The van der Waals surface area contributed by atoms with E-state index in [1.54, 1.807) is 6.26 Å². The van der Waals surface area contributed by atoms with Crippen molar-refractivity contribution in [3.63, 3.8) is 0 Å². The van der Waals surface area contributed by atoms with Crippen LogP contribution in [0, 0.1) is 0 Å². The zero-order valence-electron chi connectivity index (χ0n) is 18.6. The molecule has 0 spiro atoms. The summed E-state index contributed by atoms with van der Waals surface area (Å²) >= 11 is 0. The first-order chi connectivity index (χ1) is 13.9. The van der Waals surface area contributed by atoms with Crippen LogP contribution in [0.15, 0.2) is 27.8 Å². The minimum absolute atomic E-state index is 0. The molecule has 8 heteroatoms. The first kappa shape index (κ1) is 24.8. The maximum atomic E-state index is 12.6. The van der Waals surface area contributed by atoms with Crippen LogP contribution in [-0.4, -0.2) is 53.8 Å². The molecule has 0 radical (unpaired) electrons. The highest BCUT2D eigenvalue weighted by atomic mass is 127. The van der Waals surface area contributed by atoms with Crippen LogP contribution in [0.3, 0.4) is 0 Å². The van der Waals surface area contributed by atoms with Crippen molar-refractivity contribution < 1.29 is 13.9 Å². The third kappa shape index (κ3) is 7.06. The van der Waals surface area contributed by atoms with Gasteiger partial charge in [-0.15, -0.1) is 24.0 Å². The molecule has 2 N–H and O–H groups in total. The number of hydrogen-bond acceptors (Lipinski definition) is 4. The average molecular weight is 532 g/mol. The SMILES string of the molecule is CCCN=C(NCCc1ccco1)NC1CC2CCC(C1)N2C(=O)OC(C)(C)C.I. The average Bonchev–Trinajstić information content (AvgIpc) is 3.24. The van der Waals surface area contributed by atoms with E-state index in [4.69, 9.17) is 9.15 Å². The lowest BCUT2D eigenvalue weighted by Gasteiger charge is -2.40. The molecule has 2 atom stereocenters. The molecule has 1 amide bonds. The van der Waals surface area contributed by atoms with Gasteiger partial charge < -0.3 is 24.7 Å². The molecule has 2 saturated heterocycles. The summed E-state index contributed by atoms with van der Waals surface area (Å²) < 4.78 is 11.0. The Labute approximate surface area is 197 Å². The number of guanidine groups is 1. The summed E-state index contributed by atoms with van der Waals surface area (Å²) in [5.41, 5.74) is -0.455. The molecule has 1 aromatic rings. The smallest absolute Gasteiger partial charge is 0.410 e. The van der Waals surface area contributed by atoms with Gasteiger partial charge in [0.15, 0.2) is 5.96 Å². The highest BCUT2D eigenvalue weighted by Crippen LogP contribution is 2.36. The Balaban J connectivity index is 0.00000320. The first-order valence-corrected chi connectivity index (χ1v) is 10.9. The van der Waals surface area contributed by atoms with Crippen LogP contribution >= 0.6 is 24.0 Å². The molecule has 2 fully saturated rings. The van der Waals surface area contributed by atoms with Crippen molar-refractivity contribution in [2.45, 2.75) is 89.9 Å². The van der Waals surface area contributed by atoms with Gasteiger partial charge in [0.25, 0.3) is 0 Å². The topological polar surface area (TPSA) is 79.1 Å². The Morgan fingerprint density at radius 2 is 2.00 bits per heavy atom. The number of amides is 1. The molecule has 2 unspecified atom stereocenters. The van der Waals surface area contributed by atoms with Crippen LogP contribution in [0.2, 0.25) is 0 Å². The second-order valence-electron chi connectivity index (χ2n) is 9.07. The molecule has 30 heavy (non-hydrogen) atoms. The summed E-state index contributed by atoms with van der Waals surface area (Å²) in [4.78, 5) is 19.3. The molecular formula is C22H37IN4O3. The summed E-state index contributed by atoms with van der Waals surface area (Å²) in [6.07, 6.45) is 7.33. The van der Waals surface area contributed by atoms with Gasteiger partial charge in [0, 0.05) is 37.6 Å². The van der Waals surface area contributed by atoms with Crippen molar-refractivity contribution in [2.75, 3.05) is 13.1 Å². The monoisotopic (exact) mass is 532 g/mol. The Bertz CT molecular complexity index is 673. The van der Waals surface area contributed by atoms with E-state index in [0.717, 1.165) is 63.3 Å². The van der Waals surface area contributed by atoms with Gasteiger partial charge in [0.1, 0.15) is 11.4 Å². The number of aliphatic imine (C=N–C) groups is 1. The van der Waals surface area contributed by atoms with Crippen molar-refractivity contribution >= 4 is 36.0 Å². The number of piperidine rings is 1. The maximum Gasteiger partial charge on any atom is 0.410 e. The van der Waals surface area contributed by atoms with E-state index in [2.05, 4.69) is 22.5 Å². The molecule has 170 valence electrons. The lowest BCUT2D eigenvalue weighted by molar-refractivity contribution is 0.00545. The van der Waals surface area contributed by atoms with E-state index < -0.39 is 5.60 Å². The number of carbonyl (C=O) groups excluding carboxylic acids is 1. The molecule has 0 aliphatic carbocycles. The van der Waals surface area contributed by atoms with E-state index in [9.17, 15) is 4.79 Å². The van der Waals surface area contributed by atoms with Gasteiger partial charge in [-0.3, -0.25) is 4.99 Å². The normalized spacial score (nSPS) is 23.7. The van der Waals surface area contributed by atoms with E-state index in [1.807, 2.05) is 37.8 Å². The van der Waals surface area contributed by atoms with Gasteiger partial charge in [-0.25, -0.2) is 4.79 Å². The summed E-state index contributed by atoms with van der Waals surface area (Å²) in [6.45, 7) is 9.46. The molecule has 1 aromatic heterocycles. The molecule has 7 nitrogen and oxygen atoms in total. The van der Waals surface area contributed by atoms with Gasteiger partial charge in [0.05, 0.1) is 6.26 Å². The number of halogens is 1. The Hall–Kier alpha value is -1.45. The van der Waals surface area contributed by atoms with E-state index in [-0.39, 0.29) is 42.2 Å². The largest absolute Gasteiger partial charge is 0.469 e. The summed E-state index contributed by atoms with van der Waals surface area (Å²) in [7, 11) is 0. The predicted molar refractivity (Wildman–Crippen MR) is 129 cm³/mol. The number of nitrogens with zero attached hydrogens (tertiary/aromatic N) is 2. The minimum atomic E-state index is -0.455. The lowest BCUT2D eigenvalue weighted by atomic mass is 9.98. The zero-order valence-corrected chi connectivity index (χ0v) is 21.0. The third-order valence-electron chi connectivity index (χ3n) is 5.42. The number of furan rings is 1. The molecule has 0 saturated carbocycles. The van der Waals surface area contributed by atoms with Crippen molar-refractivity contribution in [2.24, 2.45) is 4.99 Å². The number of fused-ring (bicyclic) bond motifs is 2. The fourth-order valence-corrected chi connectivity index (χ4v) is 4.24. The van der Waals surface area contributed by atoms with E-state index in [0.29, 0.717) is 6.04 Å². The Kier molecular flexibility index (Phi) is 9.31. The van der Waals surface area contributed by atoms with Crippen LogP contribution in [0.5, 0.6) is 0 Å². The summed E-state index contributed by atoms with van der Waals surface area (Å²) in [5, 5.41) is 7.04. The highest BCUT2D eigenvalue weighted by Gasteiger charge is 2.45. The third-order valence-corrected chi connectivity index (χ3v) is 5.42. The van der Waals surface area contributed by atoms with Crippen LogP contribution in [0.25, 0.3) is 0 Å². The van der Waals surface area contributed by atoms with Gasteiger partial charge in [-0.05, 0) is 65.0 Å². The maximum absolute atomic E-state index is 12.6. The number of carbonyl (C=O) groups is 1. The second kappa shape index (κ2) is 11.2. The Morgan fingerprint density at radius 3 is 2.57 bits per heavy atom. The summed E-state index contributed by atoms with van der Waals surface area (Å²) in [6, 6.07) is 4.71. The van der Waals surface area contributed by atoms with Gasteiger partial charge in [-0.1, -0.05) is 6.92 Å². The first-order valence-electron chi connectivity index (χ1n) is 10.9. The molecule has 3 rings (SSSR count). The molecule has 3 heterocycles. The van der Waals surface area contributed by atoms with Crippen molar-refractivity contribution in [3.8, 4) is 0 Å². The van der Waals surface area contributed by atoms with E-state index >= 15 is 0 Å². The van der Waals surface area contributed by atoms with Gasteiger partial charge in [-0.2, -0.15) is 0 Å². The fraction of sp³-hybridized carbons (Fsp3) is 0.727. The lowest BCUT2D eigenvalue weighted by Crippen LogP contribution is -2.55. The summed E-state index contributed by atoms with van der Waals surface area (Å²) in [5.74, 6) is 1.82.